The summed E-state index contributed by atoms with van der Waals surface area (Å²) in [6.07, 6.45) is 3.62. The number of hydrogen-bond donors (Lipinski definition) is 1. The molecule has 25 heavy (non-hydrogen) atoms. The van der Waals surface area contributed by atoms with Gasteiger partial charge >= 0.3 is 0 Å². The van der Waals surface area contributed by atoms with Crippen molar-refractivity contribution < 1.29 is 9.59 Å². The minimum Gasteiger partial charge on any atom is -0.302 e. The van der Waals surface area contributed by atoms with Crippen LogP contribution in [-0.2, 0) is 9.59 Å². The van der Waals surface area contributed by atoms with Crippen molar-refractivity contribution in [3.05, 3.63) is 51.9 Å². The van der Waals surface area contributed by atoms with Gasteiger partial charge in [-0.05, 0) is 18.6 Å². The highest BCUT2D eigenvalue weighted by molar-refractivity contribution is 8.26. The highest BCUT2D eigenvalue weighted by Gasteiger charge is 2.32. The molecule has 1 aromatic carbocycles. The number of aryl methyl sites for hydroxylation is 1. The van der Waals surface area contributed by atoms with Crippen molar-refractivity contribution in [1.82, 2.24) is 9.88 Å². The van der Waals surface area contributed by atoms with Crippen LogP contribution in [0.4, 0.5) is 5.13 Å². The van der Waals surface area contributed by atoms with Gasteiger partial charge in [-0.3, -0.25) is 14.5 Å². The average molecular weight is 390 g/mol. The Morgan fingerprint density at radius 2 is 2.12 bits per heavy atom. The molecule has 0 spiro atoms. The molecule has 1 fully saturated rings. The number of amides is 2. The Kier molecular flexibility index (Phi) is 5.62. The van der Waals surface area contributed by atoms with E-state index in [9.17, 15) is 9.59 Å². The zero-order valence-corrected chi connectivity index (χ0v) is 15.8. The SMILES string of the molecule is Cc1ccc(/C=C2/SC(=S)N(CCC(=O)Nc3nccs3)C2=O)cc1. The van der Waals surface area contributed by atoms with Crippen LogP contribution in [0.1, 0.15) is 17.5 Å². The van der Waals surface area contributed by atoms with Crippen LogP contribution >= 0.6 is 35.3 Å². The molecule has 1 saturated heterocycles. The zero-order chi connectivity index (χ0) is 17.8. The predicted molar refractivity (Wildman–Crippen MR) is 106 cm³/mol. The van der Waals surface area contributed by atoms with E-state index in [0.29, 0.717) is 14.4 Å². The van der Waals surface area contributed by atoms with Crippen molar-refractivity contribution in [2.45, 2.75) is 13.3 Å². The van der Waals surface area contributed by atoms with Crippen molar-refractivity contribution in [1.29, 1.82) is 0 Å². The lowest BCUT2D eigenvalue weighted by atomic mass is 10.1. The molecule has 0 unspecified atom stereocenters. The molecule has 5 nitrogen and oxygen atoms in total. The first-order chi connectivity index (χ1) is 12.0. The van der Waals surface area contributed by atoms with Crippen LogP contribution in [0.2, 0.25) is 0 Å². The maximum Gasteiger partial charge on any atom is 0.266 e. The fourth-order valence-electron chi connectivity index (χ4n) is 2.19. The van der Waals surface area contributed by atoms with Gasteiger partial charge in [0.05, 0.1) is 4.91 Å². The standard InChI is InChI=1S/C17H15N3O2S3/c1-11-2-4-12(5-3-11)10-13-15(22)20(17(23)25-13)8-6-14(21)19-16-18-7-9-24-16/h2-5,7,9-10H,6,8H2,1H3,(H,18,19,21)/b13-10+. The van der Waals surface area contributed by atoms with Crippen molar-refractivity contribution in [2.75, 3.05) is 11.9 Å². The van der Waals surface area contributed by atoms with E-state index in [2.05, 4.69) is 10.3 Å². The summed E-state index contributed by atoms with van der Waals surface area (Å²) in [5, 5.41) is 5.03. The zero-order valence-electron chi connectivity index (χ0n) is 13.4. The number of anilines is 1. The Balaban J connectivity index is 1.61. The monoisotopic (exact) mass is 389 g/mol. The summed E-state index contributed by atoms with van der Waals surface area (Å²) in [6, 6.07) is 7.91. The number of rotatable bonds is 5. The summed E-state index contributed by atoms with van der Waals surface area (Å²) >= 11 is 7.90. The highest BCUT2D eigenvalue weighted by Crippen LogP contribution is 2.32. The topological polar surface area (TPSA) is 62.3 Å². The molecule has 8 heteroatoms. The molecule has 1 aliphatic heterocycles. The fraction of sp³-hybridized carbons (Fsp3) is 0.176. The minimum atomic E-state index is -0.188. The fourth-order valence-corrected chi connectivity index (χ4v) is 4.04. The first kappa shape index (κ1) is 17.8. The van der Waals surface area contributed by atoms with Crippen LogP contribution in [0.25, 0.3) is 6.08 Å². The van der Waals surface area contributed by atoms with Crippen molar-refractivity contribution >= 4 is 62.7 Å². The maximum absolute atomic E-state index is 12.5. The van der Waals surface area contributed by atoms with Crippen molar-refractivity contribution in [3.8, 4) is 0 Å². The molecule has 0 atom stereocenters. The second-order valence-corrected chi connectivity index (χ2v) is 7.95. The van der Waals surface area contributed by atoms with E-state index in [0.717, 1.165) is 11.1 Å². The molecule has 128 valence electrons. The van der Waals surface area contributed by atoms with Gasteiger partial charge in [-0.2, -0.15) is 0 Å². The largest absolute Gasteiger partial charge is 0.302 e. The molecule has 1 aliphatic rings. The van der Waals surface area contributed by atoms with Gasteiger partial charge in [-0.15, -0.1) is 11.3 Å². The predicted octanol–water partition coefficient (Wildman–Crippen LogP) is 3.68. The number of carbonyl (C=O) groups excluding carboxylic acids is 2. The van der Waals surface area contributed by atoms with Crippen molar-refractivity contribution in [3.63, 3.8) is 0 Å². The summed E-state index contributed by atoms with van der Waals surface area (Å²) in [5.41, 5.74) is 2.11. The molecule has 0 saturated carbocycles. The molecule has 1 aromatic heterocycles. The number of thiazole rings is 1. The van der Waals surface area contributed by atoms with Crippen LogP contribution in [-0.4, -0.2) is 32.6 Å². The number of benzene rings is 1. The van der Waals surface area contributed by atoms with E-state index in [1.165, 1.54) is 28.0 Å². The molecular formula is C17H15N3O2S3. The van der Waals surface area contributed by atoms with Gasteiger partial charge < -0.3 is 5.32 Å². The molecule has 3 rings (SSSR count). The number of thioether (sulfide) groups is 1. The summed E-state index contributed by atoms with van der Waals surface area (Å²) in [6.45, 7) is 2.27. The number of hydrogen-bond acceptors (Lipinski definition) is 6. The van der Waals surface area contributed by atoms with E-state index in [1.807, 2.05) is 37.3 Å². The van der Waals surface area contributed by atoms with Crippen LogP contribution in [0, 0.1) is 6.92 Å². The molecule has 1 N–H and O–H groups in total. The average Bonchev–Trinajstić information content (AvgIpc) is 3.17. The number of carbonyl (C=O) groups is 2. The lowest BCUT2D eigenvalue weighted by Crippen LogP contribution is -2.31. The smallest absolute Gasteiger partial charge is 0.266 e. The normalized spacial score (nSPS) is 15.9. The van der Waals surface area contributed by atoms with Gasteiger partial charge in [0, 0.05) is 24.5 Å². The Hall–Kier alpha value is -2.03. The first-order valence-corrected chi connectivity index (χ1v) is 9.65. The Labute approximate surface area is 159 Å². The van der Waals surface area contributed by atoms with Crippen LogP contribution in [0.3, 0.4) is 0 Å². The first-order valence-electron chi connectivity index (χ1n) is 7.54. The molecule has 2 aromatic rings. The lowest BCUT2D eigenvalue weighted by Gasteiger charge is -2.13. The quantitative estimate of drug-likeness (QED) is 0.624. The summed E-state index contributed by atoms with van der Waals surface area (Å²) in [7, 11) is 0. The molecule has 2 heterocycles. The van der Waals surface area contributed by atoms with Gasteiger partial charge in [-0.25, -0.2) is 4.98 Å². The van der Waals surface area contributed by atoms with E-state index in [-0.39, 0.29) is 24.8 Å². The molecule has 0 bridgehead atoms. The number of aromatic nitrogens is 1. The Morgan fingerprint density at radius 1 is 1.36 bits per heavy atom. The lowest BCUT2D eigenvalue weighted by molar-refractivity contribution is -0.122. The summed E-state index contributed by atoms with van der Waals surface area (Å²) in [4.78, 5) is 30.5. The van der Waals surface area contributed by atoms with Gasteiger partial charge in [0.1, 0.15) is 4.32 Å². The second kappa shape index (κ2) is 7.90. The number of thiocarbonyl (C=S) groups is 1. The number of nitrogens with one attached hydrogen (secondary N) is 1. The maximum atomic E-state index is 12.5. The van der Waals surface area contributed by atoms with Gasteiger partial charge in [-0.1, -0.05) is 53.8 Å². The Bertz CT molecular complexity index is 829. The van der Waals surface area contributed by atoms with Crippen LogP contribution in [0.15, 0.2) is 40.7 Å². The molecule has 2 amide bonds. The summed E-state index contributed by atoms with van der Waals surface area (Å²) in [5.74, 6) is -0.343. The highest BCUT2D eigenvalue weighted by atomic mass is 32.2. The minimum absolute atomic E-state index is 0.155. The Morgan fingerprint density at radius 3 is 2.80 bits per heavy atom. The summed E-state index contributed by atoms with van der Waals surface area (Å²) < 4.78 is 0.477. The van der Waals surface area contributed by atoms with Crippen molar-refractivity contribution in [2.24, 2.45) is 0 Å². The molecular weight excluding hydrogens is 374 g/mol. The van der Waals surface area contributed by atoms with E-state index < -0.39 is 0 Å². The van der Waals surface area contributed by atoms with Gasteiger partial charge in [0.15, 0.2) is 5.13 Å². The van der Waals surface area contributed by atoms with Gasteiger partial charge in [0.2, 0.25) is 5.91 Å². The third kappa shape index (κ3) is 4.53. The third-order valence-corrected chi connectivity index (χ3v) is 5.56. The molecule has 0 radical (unpaired) electrons. The number of nitrogens with zero attached hydrogens (tertiary/aromatic N) is 2. The third-order valence-electron chi connectivity index (χ3n) is 3.49. The van der Waals surface area contributed by atoms with Crippen LogP contribution in [0.5, 0.6) is 0 Å². The second-order valence-electron chi connectivity index (χ2n) is 5.38. The van der Waals surface area contributed by atoms with E-state index in [1.54, 1.807) is 11.6 Å². The molecule has 0 aliphatic carbocycles. The van der Waals surface area contributed by atoms with Gasteiger partial charge in [0.25, 0.3) is 5.91 Å². The van der Waals surface area contributed by atoms with E-state index >= 15 is 0 Å². The van der Waals surface area contributed by atoms with Crippen LogP contribution < -0.4 is 5.32 Å². The van der Waals surface area contributed by atoms with E-state index in [4.69, 9.17) is 12.2 Å².